The van der Waals surface area contributed by atoms with Crippen LogP contribution in [0.25, 0.3) is 11.0 Å². The molecule has 4 aromatic rings. The Kier molecular flexibility index (Phi) is 8.59. The molecule has 4 unspecified atom stereocenters. The maximum absolute atomic E-state index is 12.0. The molecule has 1 aromatic heterocycles. The van der Waals surface area contributed by atoms with E-state index in [-0.39, 0.29) is 11.6 Å². The van der Waals surface area contributed by atoms with E-state index in [1.807, 2.05) is 29.2 Å². The minimum absolute atomic E-state index is 0.0752. The van der Waals surface area contributed by atoms with Crippen molar-refractivity contribution in [2.75, 3.05) is 24.7 Å². The number of sulfonamides is 1. The number of piperidine rings is 2. The number of hydrogen-bond acceptors (Lipinski definition) is 5. The first-order chi connectivity index (χ1) is 22.2. The number of halogens is 1. The number of para-hydroxylation sites is 2. The van der Waals surface area contributed by atoms with E-state index in [4.69, 9.17) is 16.6 Å². The molecule has 3 saturated heterocycles. The highest BCUT2D eigenvalue weighted by Gasteiger charge is 2.45. The number of nitrogens with zero attached hydrogens (tertiary/aromatic N) is 5. The summed E-state index contributed by atoms with van der Waals surface area (Å²) in [6.45, 7) is 3.90. The summed E-state index contributed by atoms with van der Waals surface area (Å²) in [4.78, 5) is 9.74. The molecule has 3 aliphatic rings. The third kappa shape index (κ3) is 6.42. The fourth-order valence-corrected chi connectivity index (χ4v) is 8.88. The van der Waals surface area contributed by atoms with E-state index in [0.717, 1.165) is 61.9 Å². The van der Waals surface area contributed by atoms with Gasteiger partial charge in [0.15, 0.2) is 0 Å². The number of aryl methyl sites for hydroxylation is 1. The molecule has 242 valence electrons. The highest BCUT2D eigenvalue weighted by atomic mass is 35.5. The number of likely N-dealkylation sites (tertiary alicyclic amines) is 1. The largest absolute Gasteiger partial charge is 0.365 e. The van der Waals surface area contributed by atoms with Gasteiger partial charge >= 0.3 is 0 Å². The molecular formula is C36H43ClN6O2S. The summed E-state index contributed by atoms with van der Waals surface area (Å²) in [5.74, 6) is 1.12. The average molecular weight is 659 g/mol. The third-order valence-corrected chi connectivity index (χ3v) is 11.4. The van der Waals surface area contributed by atoms with Gasteiger partial charge < -0.3 is 14.8 Å². The number of rotatable bonds is 9. The van der Waals surface area contributed by atoms with Gasteiger partial charge in [0.2, 0.25) is 0 Å². The summed E-state index contributed by atoms with van der Waals surface area (Å²) in [7, 11) is -3.50. The summed E-state index contributed by atoms with van der Waals surface area (Å²) in [5.41, 5.74) is 4.56. The molecule has 0 amide bonds. The van der Waals surface area contributed by atoms with Crippen LogP contribution >= 0.6 is 11.6 Å². The van der Waals surface area contributed by atoms with Gasteiger partial charge in [-0.15, -0.1) is 0 Å². The van der Waals surface area contributed by atoms with Gasteiger partial charge in [-0.2, -0.15) is 4.40 Å². The lowest BCUT2D eigenvalue weighted by Gasteiger charge is -2.48. The number of aromatic nitrogens is 2. The smallest absolute Gasteiger partial charge is 0.251 e. The van der Waals surface area contributed by atoms with Gasteiger partial charge in [-0.3, -0.25) is 4.90 Å². The number of anilines is 1. The molecule has 3 fully saturated rings. The van der Waals surface area contributed by atoms with E-state index in [1.165, 1.54) is 30.3 Å². The Morgan fingerprint density at radius 3 is 2.39 bits per heavy atom. The highest BCUT2D eigenvalue weighted by Crippen LogP contribution is 2.46. The van der Waals surface area contributed by atoms with E-state index in [2.05, 4.69) is 80.7 Å². The summed E-state index contributed by atoms with van der Waals surface area (Å²) in [6, 6.07) is 28.8. The normalized spacial score (nSPS) is 27.1. The summed E-state index contributed by atoms with van der Waals surface area (Å²) in [6.07, 6.45) is 10.1. The van der Waals surface area contributed by atoms with Gasteiger partial charge in [-0.1, -0.05) is 54.1 Å². The minimum atomic E-state index is -3.50. The maximum Gasteiger partial charge on any atom is 0.251 e. The van der Waals surface area contributed by atoms with Crippen molar-refractivity contribution in [1.29, 1.82) is 0 Å². The van der Waals surface area contributed by atoms with Crippen LogP contribution in [-0.2, 0) is 15.4 Å². The minimum Gasteiger partial charge on any atom is -0.365 e. The van der Waals surface area contributed by atoms with Crippen LogP contribution in [-0.4, -0.2) is 71.7 Å². The Bertz CT molecular complexity index is 1800. The van der Waals surface area contributed by atoms with E-state index in [1.54, 1.807) is 0 Å². The van der Waals surface area contributed by atoms with Gasteiger partial charge in [0.25, 0.3) is 10.0 Å². The fraction of sp³-hybridized carbons (Fsp3) is 0.444. The molecule has 1 N–H and O–H groups in total. The van der Waals surface area contributed by atoms with Gasteiger partial charge in [-0.25, -0.2) is 13.4 Å². The first-order valence-corrected chi connectivity index (χ1v) is 18.7. The summed E-state index contributed by atoms with van der Waals surface area (Å²) >= 11 is 6.19. The molecule has 3 aliphatic heterocycles. The van der Waals surface area contributed by atoms with E-state index in [0.29, 0.717) is 29.7 Å². The molecular weight excluding hydrogens is 616 g/mol. The molecule has 46 heavy (non-hydrogen) atoms. The Labute approximate surface area is 277 Å². The van der Waals surface area contributed by atoms with Gasteiger partial charge in [0, 0.05) is 40.8 Å². The fourth-order valence-electron chi connectivity index (χ4n) is 8.46. The van der Waals surface area contributed by atoms with Crippen molar-refractivity contribution in [3.05, 3.63) is 95.3 Å². The van der Waals surface area contributed by atoms with E-state index >= 15 is 0 Å². The van der Waals surface area contributed by atoms with E-state index in [9.17, 15) is 8.42 Å². The van der Waals surface area contributed by atoms with Crippen LogP contribution in [0, 0.1) is 6.92 Å². The predicted molar refractivity (Wildman–Crippen MR) is 187 cm³/mol. The molecule has 7 rings (SSSR count). The Morgan fingerprint density at radius 2 is 1.67 bits per heavy atom. The second-order valence-electron chi connectivity index (χ2n) is 13.5. The Balaban J connectivity index is 1.13. The number of hydrogen-bond donors (Lipinski definition) is 1. The Hall–Kier alpha value is -3.40. The molecule has 0 radical (unpaired) electrons. The monoisotopic (exact) mass is 658 g/mol. The number of imidazole rings is 1. The molecule has 4 atom stereocenters. The lowest BCUT2D eigenvalue weighted by atomic mass is 9.69. The second-order valence-corrected chi connectivity index (χ2v) is 15.6. The molecule has 0 saturated carbocycles. The van der Waals surface area contributed by atoms with Crippen LogP contribution in [0.15, 0.2) is 83.3 Å². The van der Waals surface area contributed by atoms with Crippen LogP contribution in [0.3, 0.4) is 0 Å². The van der Waals surface area contributed by atoms with Crippen molar-refractivity contribution >= 4 is 44.7 Å². The summed E-state index contributed by atoms with van der Waals surface area (Å²) < 4.78 is 30.4. The first-order valence-electron chi connectivity index (χ1n) is 16.5. The van der Waals surface area contributed by atoms with Crippen LogP contribution in [0.4, 0.5) is 5.69 Å². The zero-order valence-corrected chi connectivity index (χ0v) is 28.2. The quantitative estimate of drug-likeness (QED) is 0.154. The lowest BCUT2D eigenvalue weighted by molar-refractivity contribution is 0.0835. The molecule has 0 aliphatic carbocycles. The zero-order valence-electron chi connectivity index (χ0n) is 26.6. The highest BCUT2D eigenvalue weighted by molar-refractivity contribution is 7.89. The van der Waals surface area contributed by atoms with Crippen molar-refractivity contribution in [3.8, 4) is 0 Å². The van der Waals surface area contributed by atoms with Crippen LogP contribution < -0.4 is 5.32 Å². The van der Waals surface area contributed by atoms with E-state index < -0.39 is 10.0 Å². The van der Waals surface area contributed by atoms with Gasteiger partial charge in [0.05, 0.1) is 17.3 Å². The van der Waals surface area contributed by atoms with Gasteiger partial charge in [0.1, 0.15) is 18.3 Å². The van der Waals surface area contributed by atoms with Crippen LogP contribution in [0.2, 0.25) is 5.02 Å². The van der Waals surface area contributed by atoms with Crippen molar-refractivity contribution in [3.63, 3.8) is 0 Å². The SMILES string of the molecule is Cc1nc2ccccc2n1C1CC2CCC(C1)N2CCC1(c2ccccc2)CCN(/C=N/S(C)(=O)=O)C(Nc2ccc(Cl)cc2)C1. The molecule has 8 nitrogen and oxygen atoms in total. The molecule has 2 bridgehead atoms. The van der Waals surface area contributed by atoms with Crippen LogP contribution in [0.5, 0.6) is 0 Å². The molecule has 4 heterocycles. The summed E-state index contributed by atoms with van der Waals surface area (Å²) in [5, 5.41) is 4.37. The average Bonchev–Trinajstić information content (AvgIpc) is 3.50. The third-order valence-electron chi connectivity index (χ3n) is 10.6. The van der Waals surface area contributed by atoms with Crippen molar-refractivity contribution in [2.24, 2.45) is 4.40 Å². The van der Waals surface area contributed by atoms with Crippen molar-refractivity contribution in [1.82, 2.24) is 19.4 Å². The van der Waals surface area contributed by atoms with Gasteiger partial charge in [-0.05, 0) is 100 Å². The Morgan fingerprint density at radius 1 is 0.978 bits per heavy atom. The standard InChI is InChI=1S/C36H43ClN6O2S/c1-26-39-33-10-6-7-11-34(33)43(26)32-22-30-16-17-31(23-32)42(30)21-19-36(27-8-4-3-5-9-27)18-20-41(25-38-46(2,44)45)35(24-36)40-29-14-12-28(37)13-15-29/h3-15,25,30-32,35,40H,16-24H2,1-2H3/b38-25+. The zero-order chi connectivity index (χ0) is 31.9. The molecule has 0 spiro atoms. The maximum atomic E-state index is 12.0. The predicted octanol–water partition coefficient (Wildman–Crippen LogP) is 7.02. The lowest BCUT2D eigenvalue weighted by Crippen LogP contribution is -2.53. The van der Waals surface area contributed by atoms with Crippen LogP contribution in [0.1, 0.15) is 62.4 Å². The van der Waals surface area contributed by atoms with Crippen molar-refractivity contribution in [2.45, 2.75) is 81.6 Å². The molecule has 3 aromatic carbocycles. The first kappa shape index (κ1) is 31.2. The molecule has 10 heteroatoms. The number of benzene rings is 3. The topological polar surface area (TPSA) is 82.8 Å². The number of nitrogens with one attached hydrogen (secondary N) is 1. The van der Waals surface area contributed by atoms with Crippen molar-refractivity contribution < 1.29 is 8.42 Å². The second kappa shape index (κ2) is 12.7. The number of fused-ring (bicyclic) bond motifs is 3.